The maximum atomic E-state index is 12.9. The molecule has 0 bridgehead atoms. The van der Waals surface area contributed by atoms with E-state index in [4.69, 9.17) is 9.72 Å². The minimum absolute atomic E-state index is 0.0142. The van der Waals surface area contributed by atoms with Gasteiger partial charge in [-0.1, -0.05) is 19.3 Å². The van der Waals surface area contributed by atoms with E-state index in [1.54, 1.807) is 25.4 Å². The Labute approximate surface area is 218 Å². The molecule has 1 saturated heterocycles. The fraction of sp³-hybridized carbons (Fsp3) is 0.556. The van der Waals surface area contributed by atoms with E-state index in [-0.39, 0.29) is 17.9 Å². The number of piperidine rings is 1. The van der Waals surface area contributed by atoms with E-state index in [0.29, 0.717) is 47.6 Å². The van der Waals surface area contributed by atoms with Crippen LogP contribution in [0.15, 0.2) is 24.4 Å². The monoisotopic (exact) mass is 507 g/mol. The summed E-state index contributed by atoms with van der Waals surface area (Å²) in [5, 5.41) is 9.36. The summed E-state index contributed by atoms with van der Waals surface area (Å²) < 4.78 is 5.60. The van der Waals surface area contributed by atoms with Gasteiger partial charge in [0.2, 0.25) is 11.9 Å². The van der Waals surface area contributed by atoms with E-state index in [1.807, 2.05) is 6.07 Å². The molecule has 2 aliphatic heterocycles. The quantitative estimate of drug-likeness (QED) is 0.545. The number of nitrogens with zero attached hydrogens (tertiary/aromatic N) is 4. The van der Waals surface area contributed by atoms with Crippen molar-refractivity contribution >= 4 is 35.0 Å². The molecule has 1 aromatic carbocycles. The van der Waals surface area contributed by atoms with Crippen LogP contribution >= 0.6 is 0 Å². The van der Waals surface area contributed by atoms with Crippen LogP contribution in [0.25, 0.3) is 0 Å². The number of fused-ring (bicyclic) bond motifs is 1. The van der Waals surface area contributed by atoms with Gasteiger partial charge in [-0.2, -0.15) is 4.98 Å². The lowest BCUT2D eigenvalue weighted by atomic mass is 9.94. The predicted molar refractivity (Wildman–Crippen MR) is 144 cm³/mol. The van der Waals surface area contributed by atoms with E-state index < -0.39 is 0 Å². The van der Waals surface area contributed by atoms with Gasteiger partial charge in [0.25, 0.3) is 5.91 Å². The minimum atomic E-state index is -0.0976. The molecule has 3 heterocycles. The summed E-state index contributed by atoms with van der Waals surface area (Å²) in [7, 11) is 3.68. The first-order chi connectivity index (χ1) is 18.0. The second kappa shape index (κ2) is 11.3. The Morgan fingerprint density at radius 2 is 1.89 bits per heavy atom. The molecule has 198 valence electrons. The molecular weight excluding hydrogens is 470 g/mol. The highest BCUT2D eigenvalue weighted by atomic mass is 16.5. The van der Waals surface area contributed by atoms with E-state index >= 15 is 0 Å². The average molecular weight is 508 g/mol. The average Bonchev–Trinajstić information content (AvgIpc) is 3.08. The van der Waals surface area contributed by atoms with Crippen LogP contribution in [0, 0.1) is 0 Å². The SMILES string of the molecule is COc1cc(C(=O)NC2CCN(C)CC2)ccc1Nc1ncc2c(n1)N(C1CCCCC1)CCC(=O)N2. The molecular formula is C27H37N7O3. The van der Waals surface area contributed by atoms with Crippen LogP contribution < -0.4 is 25.6 Å². The third-order valence-electron chi connectivity index (χ3n) is 7.67. The van der Waals surface area contributed by atoms with Crippen molar-refractivity contribution in [1.82, 2.24) is 20.2 Å². The fourth-order valence-corrected chi connectivity index (χ4v) is 5.51. The van der Waals surface area contributed by atoms with Gasteiger partial charge in [-0.25, -0.2) is 4.98 Å². The lowest BCUT2D eigenvalue weighted by Gasteiger charge is -2.34. The van der Waals surface area contributed by atoms with Crippen molar-refractivity contribution < 1.29 is 14.3 Å². The van der Waals surface area contributed by atoms with Gasteiger partial charge in [-0.15, -0.1) is 0 Å². The van der Waals surface area contributed by atoms with Gasteiger partial charge in [-0.3, -0.25) is 9.59 Å². The summed E-state index contributed by atoms with van der Waals surface area (Å²) in [5.74, 6) is 1.59. The van der Waals surface area contributed by atoms with Gasteiger partial charge in [0, 0.05) is 30.6 Å². The first-order valence-electron chi connectivity index (χ1n) is 13.4. The molecule has 0 unspecified atom stereocenters. The summed E-state index contributed by atoms with van der Waals surface area (Å²) in [6.07, 6.45) is 9.87. The van der Waals surface area contributed by atoms with Gasteiger partial charge in [0.15, 0.2) is 5.82 Å². The molecule has 2 aromatic rings. The summed E-state index contributed by atoms with van der Waals surface area (Å²) in [6.45, 7) is 2.61. The Kier molecular flexibility index (Phi) is 7.73. The topological polar surface area (TPSA) is 112 Å². The second-order valence-corrected chi connectivity index (χ2v) is 10.3. The van der Waals surface area contributed by atoms with Crippen LogP contribution in [0.5, 0.6) is 5.75 Å². The van der Waals surface area contributed by atoms with E-state index in [0.717, 1.165) is 44.6 Å². The molecule has 10 heteroatoms. The standard InChI is InChI=1S/C27H37N7O3/c1-33-13-10-19(11-14-33)29-26(36)18-8-9-21(23(16-18)37-2)31-27-28-17-22-25(32-27)34(15-12-24(35)30-22)20-6-4-3-5-7-20/h8-9,16-17,19-20H,3-7,10-15H2,1-2H3,(H,29,36)(H,30,35)(H,28,31,32). The highest BCUT2D eigenvalue weighted by molar-refractivity contribution is 5.96. The third kappa shape index (κ3) is 5.95. The molecule has 1 aliphatic carbocycles. The highest BCUT2D eigenvalue weighted by Crippen LogP contribution is 2.35. The largest absolute Gasteiger partial charge is 0.495 e. The van der Waals surface area contributed by atoms with E-state index in [2.05, 4.69) is 37.8 Å². The number of methoxy groups -OCH3 is 1. The zero-order valence-corrected chi connectivity index (χ0v) is 21.8. The number of likely N-dealkylation sites (tertiary alicyclic amines) is 1. The molecule has 3 N–H and O–H groups in total. The first kappa shape index (κ1) is 25.3. The molecule has 5 rings (SSSR count). The summed E-state index contributed by atoms with van der Waals surface area (Å²) in [4.78, 5) is 39.0. The number of carbonyl (C=O) groups excluding carboxylic acids is 2. The van der Waals surface area contributed by atoms with Crippen molar-refractivity contribution in [2.45, 2.75) is 63.5 Å². The molecule has 0 radical (unpaired) electrons. The molecule has 0 atom stereocenters. The van der Waals surface area contributed by atoms with Crippen molar-refractivity contribution in [1.29, 1.82) is 0 Å². The molecule has 2 amide bonds. The fourth-order valence-electron chi connectivity index (χ4n) is 5.51. The van der Waals surface area contributed by atoms with Crippen molar-refractivity contribution in [2.24, 2.45) is 0 Å². The number of hydrogen-bond acceptors (Lipinski definition) is 8. The summed E-state index contributed by atoms with van der Waals surface area (Å²) in [6, 6.07) is 5.91. The molecule has 1 aromatic heterocycles. The third-order valence-corrected chi connectivity index (χ3v) is 7.67. The maximum absolute atomic E-state index is 12.9. The molecule has 2 fully saturated rings. The van der Waals surface area contributed by atoms with Crippen molar-refractivity contribution in [2.75, 3.05) is 49.3 Å². The van der Waals surface area contributed by atoms with Crippen molar-refractivity contribution in [3.8, 4) is 5.75 Å². The molecule has 3 aliphatic rings. The highest BCUT2D eigenvalue weighted by Gasteiger charge is 2.28. The maximum Gasteiger partial charge on any atom is 0.251 e. The molecule has 10 nitrogen and oxygen atoms in total. The number of aromatic nitrogens is 2. The van der Waals surface area contributed by atoms with E-state index in [1.165, 1.54) is 19.3 Å². The van der Waals surface area contributed by atoms with Gasteiger partial charge in [0.1, 0.15) is 11.4 Å². The lowest BCUT2D eigenvalue weighted by molar-refractivity contribution is -0.116. The number of benzene rings is 1. The van der Waals surface area contributed by atoms with Crippen LogP contribution in [0.4, 0.5) is 23.1 Å². The number of rotatable bonds is 6. The second-order valence-electron chi connectivity index (χ2n) is 10.3. The number of hydrogen-bond donors (Lipinski definition) is 3. The Bertz CT molecular complexity index is 1130. The van der Waals surface area contributed by atoms with Crippen LogP contribution in [0.2, 0.25) is 0 Å². The zero-order chi connectivity index (χ0) is 25.8. The summed E-state index contributed by atoms with van der Waals surface area (Å²) in [5.41, 5.74) is 1.86. The van der Waals surface area contributed by atoms with Gasteiger partial charge in [-0.05, 0) is 64.0 Å². The molecule has 1 saturated carbocycles. The Hall–Kier alpha value is -3.40. The van der Waals surface area contributed by atoms with Crippen LogP contribution in [0.3, 0.4) is 0 Å². The minimum Gasteiger partial charge on any atom is -0.495 e. The Balaban J connectivity index is 1.34. The Morgan fingerprint density at radius 3 is 2.65 bits per heavy atom. The number of nitrogens with one attached hydrogen (secondary N) is 3. The number of anilines is 4. The van der Waals surface area contributed by atoms with Gasteiger partial charge in [0.05, 0.1) is 19.0 Å². The smallest absolute Gasteiger partial charge is 0.251 e. The predicted octanol–water partition coefficient (Wildman–Crippen LogP) is 3.53. The number of ether oxygens (including phenoxy) is 1. The van der Waals surface area contributed by atoms with Crippen molar-refractivity contribution in [3.63, 3.8) is 0 Å². The normalized spacial score (nSPS) is 19.5. The zero-order valence-electron chi connectivity index (χ0n) is 21.8. The van der Waals surface area contributed by atoms with E-state index in [9.17, 15) is 9.59 Å². The number of carbonyl (C=O) groups is 2. The van der Waals surface area contributed by atoms with Crippen molar-refractivity contribution in [3.05, 3.63) is 30.0 Å². The van der Waals surface area contributed by atoms with Gasteiger partial charge >= 0.3 is 0 Å². The number of amides is 2. The Morgan fingerprint density at radius 1 is 1.11 bits per heavy atom. The van der Waals surface area contributed by atoms with Crippen LogP contribution in [-0.4, -0.2) is 72.6 Å². The lowest BCUT2D eigenvalue weighted by Crippen LogP contribution is -2.43. The first-order valence-corrected chi connectivity index (χ1v) is 13.4. The molecule has 0 spiro atoms. The van der Waals surface area contributed by atoms with Gasteiger partial charge < -0.3 is 30.5 Å². The van der Waals surface area contributed by atoms with Crippen LogP contribution in [-0.2, 0) is 4.79 Å². The molecule has 37 heavy (non-hydrogen) atoms. The van der Waals surface area contributed by atoms with Crippen LogP contribution in [0.1, 0.15) is 61.7 Å². The summed E-state index contributed by atoms with van der Waals surface area (Å²) >= 11 is 0.